The fourth-order valence-corrected chi connectivity index (χ4v) is 3.60. The minimum Gasteiger partial charge on any atom is -0.457 e. The molecule has 1 N–H and O–H groups in total. The van der Waals surface area contributed by atoms with Gasteiger partial charge in [0.2, 0.25) is 11.8 Å². The minimum absolute atomic E-state index is 0.289. The van der Waals surface area contributed by atoms with E-state index in [1.54, 1.807) is 36.5 Å². The van der Waals surface area contributed by atoms with Crippen molar-refractivity contribution in [3.8, 4) is 22.8 Å². The number of fused-ring (bicyclic) bond motifs is 1. The lowest BCUT2D eigenvalue weighted by Gasteiger charge is -2.04. The van der Waals surface area contributed by atoms with Gasteiger partial charge in [0, 0.05) is 34.1 Å². The van der Waals surface area contributed by atoms with Crippen molar-refractivity contribution in [1.29, 1.82) is 0 Å². The molecule has 3 aromatic heterocycles. The zero-order valence-electron chi connectivity index (χ0n) is 17.6. The van der Waals surface area contributed by atoms with Crippen LogP contribution in [0.2, 0.25) is 5.02 Å². The van der Waals surface area contributed by atoms with Crippen LogP contribution in [0.25, 0.3) is 40.1 Å². The lowest BCUT2D eigenvalue weighted by molar-refractivity contribution is -0.111. The Morgan fingerprint density at radius 2 is 1.91 bits per heavy atom. The largest absolute Gasteiger partial charge is 0.457 e. The number of nitrogens with zero attached hydrogens (tertiary/aromatic N) is 2. The van der Waals surface area contributed by atoms with Crippen molar-refractivity contribution in [2.45, 2.75) is 6.92 Å². The van der Waals surface area contributed by atoms with Gasteiger partial charge in [0.1, 0.15) is 11.5 Å². The van der Waals surface area contributed by atoms with Gasteiger partial charge in [-0.2, -0.15) is 4.98 Å². The number of pyridine rings is 1. The lowest BCUT2D eigenvalue weighted by atomic mass is 10.1. The molecule has 1 amide bonds. The summed E-state index contributed by atoms with van der Waals surface area (Å²) in [5.74, 6) is 1.40. The third kappa shape index (κ3) is 4.42. The molecular weight excluding hydrogens is 438 g/mol. The van der Waals surface area contributed by atoms with E-state index in [1.165, 1.54) is 6.08 Å². The molecule has 0 aliphatic rings. The average molecular weight is 456 g/mol. The second-order valence-corrected chi connectivity index (χ2v) is 7.77. The molecule has 6 nitrogen and oxygen atoms in total. The highest BCUT2D eigenvalue weighted by Crippen LogP contribution is 2.30. The molecule has 3 heterocycles. The summed E-state index contributed by atoms with van der Waals surface area (Å²) in [7, 11) is 0. The number of benzene rings is 2. The van der Waals surface area contributed by atoms with Gasteiger partial charge in [-0.3, -0.25) is 4.79 Å². The van der Waals surface area contributed by atoms with E-state index in [0.717, 1.165) is 16.7 Å². The zero-order chi connectivity index (χ0) is 22.8. The number of carbonyl (C=O) groups excluding carboxylic acids is 1. The van der Waals surface area contributed by atoms with Crippen LogP contribution in [0.15, 0.2) is 87.8 Å². The summed E-state index contributed by atoms with van der Waals surface area (Å²) in [6, 6.07) is 20.2. The summed E-state index contributed by atoms with van der Waals surface area (Å²) in [4.78, 5) is 21.0. The standard InChI is InChI=1S/C26H18ClN3O3/c1-16-20(7-3-8-21(16)27)22-12-10-19(32-22)11-13-24(31)29-18-6-2-5-17(15-18)26-30-25-23(33-26)9-4-14-28-25/h2-15H,1H3,(H,29,31)/b13-11+. The van der Waals surface area contributed by atoms with Crippen LogP contribution in [0.5, 0.6) is 0 Å². The molecule has 5 rings (SSSR count). The first kappa shape index (κ1) is 20.7. The average Bonchev–Trinajstić information content (AvgIpc) is 3.47. The summed E-state index contributed by atoms with van der Waals surface area (Å²) < 4.78 is 11.6. The van der Waals surface area contributed by atoms with Gasteiger partial charge in [0.05, 0.1) is 0 Å². The first-order valence-electron chi connectivity index (χ1n) is 10.2. The fraction of sp³-hybridized carbons (Fsp3) is 0.0385. The van der Waals surface area contributed by atoms with Gasteiger partial charge in [0.15, 0.2) is 11.2 Å². The lowest BCUT2D eigenvalue weighted by Crippen LogP contribution is -2.07. The van der Waals surface area contributed by atoms with Crippen LogP contribution >= 0.6 is 11.6 Å². The van der Waals surface area contributed by atoms with E-state index >= 15 is 0 Å². The summed E-state index contributed by atoms with van der Waals surface area (Å²) in [5, 5.41) is 3.52. The van der Waals surface area contributed by atoms with Crippen molar-refractivity contribution in [3.63, 3.8) is 0 Å². The number of anilines is 1. The second kappa shape index (κ2) is 8.76. The molecule has 0 unspecified atom stereocenters. The van der Waals surface area contributed by atoms with Crippen molar-refractivity contribution in [1.82, 2.24) is 9.97 Å². The van der Waals surface area contributed by atoms with Crippen LogP contribution < -0.4 is 5.32 Å². The number of aromatic nitrogens is 2. The molecular formula is C26H18ClN3O3. The van der Waals surface area contributed by atoms with Crippen molar-refractivity contribution < 1.29 is 13.6 Å². The van der Waals surface area contributed by atoms with Gasteiger partial charge >= 0.3 is 0 Å². The van der Waals surface area contributed by atoms with E-state index in [2.05, 4.69) is 15.3 Å². The zero-order valence-corrected chi connectivity index (χ0v) is 18.3. The number of hydrogen-bond acceptors (Lipinski definition) is 5. The maximum absolute atomic E-state index is 12.4. The quantitative estimate of drug-likeness (QED) is 0.296. The molecule has 0 radical (unpaired) electrons. The van der Waals surface area contributed by atoms with Crippen LogP contribution in [0.1, 0.15) is 11.3 Å². The molecule has 5 aromatic rings. The molecule has 2 aromatic carbocycles. The van der Waals surface area contributed by atoms with Crippen LogP contribution in [-0.2, 0) is 4.79 Å². The molecule has 0 atom stereocenters. The topological polar surface area (TPSA) is 81.2 Å². The van der Waals surface area contributed by atoms with E-state index in [9.17, 15) is 4.79 Å². The molecule has 7 heteroatoms. The second-order valence-electron chi connectivity index (χ2n) is 7.36. The first-order chi connectivity index (χ1) is 16.1. The van der Waals surface area contributed by atoms with Gasteiger partial charge in [-0.05, 0) is 67.1 Å². The van der Waals surface area contributed by atoms with Crippen molar-refractivity contribution >= 4 is 40.5 Å². The van der Waals surface area contributed by atoms with Crippen LogP contribution in [-0.4, -0.2) is 15.9 Å². The summed E-state index contributed by atoms with van der Waals surface area (Å²) in [5.41, 5.74) is 4.36. The molecule has 0 spiro atoms. The number of amides is 1. The number of halogens is 1. The Morgan fingerprint density at radius 3 is 2.79 bits per heavy atom. The third-order valence-electron chi connectivity index (χ3n) is 5.10. The number of hydrogen-bond donors (Lipinski definition) is 1. The summed E-state index contributed by atoms with van der Waals surface area (Å²) in [6.07, 6.45) is 4.70. The number of carbonyl (C=O) groups is 1. The van der Waals surface area contributed by atoms with E-state index in [-0.39, 0.29) is 5.91 Å². The Hall–Kier alpha value is -4.16. The number of oxazole rings is 1. The normalized spacial score (nSPS) is 11.3. The molecule has 0 bridgehead atoms. The van der Waals surface area contributed by atoms with E-state index < -0.39 is 0 Å². The van der Waals surface area contributed by atoms with Gasteiger partial charge in [-0.1, -0.05) is 29.8 Å². The maximum atomic E-state index is 12.4. The van der Waals surface area contributed by atoms with E-state index in [1.807, 2.05) is 49.4 Å². The molecule has 0 fully saturated rings. The highest BCUT2D eigenvalue weighted by atomic mass is 35.5. The molecule has 0 saturated carbocycles. The highest BCUT2D eigenvalue weighted by molar-refractivity contribution is 6.31. The van der Waals surface area contributed by atoms with Crippen LogP contribution in [0, 0.1) is 6.92 Å². The maximum Gasteiger partial charge on any atom is 0.248 e. The van der Waals surface area contributed by atoms with Gasteiger partial charge < -0.3 is 14.2 Å². The van der Waals surface area contributed by atoms with Gasteiger partial charge in [-0.25, -0.2) is 4.98 Å². The van der Waals surface area contributed by atoms with Gasteiger partial charge in [0.25, 0.3) is 0 Å². The fourth-order valence-electron chi connectivity index (χ4n) is 3.43. The SMILES string of the molecule is Cc1c(Cl)cccc1-c1ccc(/C=C/C(=O)Nc2cccc(-c3nc4ncccc4o3)c2)o1. The Kier molecular flexibility index (Phi) is 5.50. The van der Waals surface area contributed by atoms with E-state index in [0.29, 0.717) is 39.4 Å². The predicted octanol–water partition coefficient (Wildman–Crippen LogP) is 6.76. The van der Waals surface area contributed by atoms with Crippen LogP contribution in [0.4, 0.5) is 5.69 Å². The summed E-state index contributed by atoms with van der Waals surface area (Å²) in [6.45, 7) is 1.94. The van der Waals surface area contributed by atoms with Gasteiger partial charge in [-0.15, -0.1) is 0 Å². The molecule has 162 valence electrons. The van der Waals surface area contributed by atoms with E-state index in [4.69, 9.17) is 20.4 Å². The number of rotatable bonds is 5. The number of furan rings is 1. The Labute approximate surface area is 194 Å². The Balaban J connectivity index is 1.29. The highest BCUT2D eigenvalue weighted by Gasteiger charge is 2.11. The first-order valence-corrected chi connectivity index (χ1v) is 10.6. The molecule has 0 aliphatic carbocycles. The smallest absolute Gasteiger partial charge is 0.248 e. The minimum atomic E-state index is -0.289. The molecule has 0 aliphatic heterocycles. The van der Waals surface area contributed by atoms with Crippen molar-refractivity contribution in [2.75, 3.05) is 5.32 Å². The predicted molar refractivity (Wildman–Crippen MR) is 129 cm³/mol. The molecule has 0 saturated heterocycles. The monoisotopic (exact) mass is 455 g/mol. The number of nitrogens with one attached hydrogen (secondary N) is 1. The Morgan fingerprint density at radius 1 is 1.03 bits per heavy atom. The van der Waals surface area contributed by atoms with Crippen LogP contribution in [0.3, 0.4) is 0 Å². The third-order valence-corrected chi connectivity index (χ3v) is 5.51. The van der Waals surface area contributed by atoms with Crippen molar-refractivity contribution in [2.24, 2.45) is 0 Å². The molecule has 33 heavy (non-hydrogen) atoms. The summed E-state index contributed by atoms with van der Waals surface area (Å²) >= 11 is 6.20. The van der Waals surface area contributed by atoms with Crippen molar-refractivity contribution in [3.05, 3.63) is 95.3 Å². The Bertz CT molecular complexity index is 1470.